The molecule has 2 amide bonds. The van der Waals surface area contributed by atoms with Gasteiger partial charge in [0.2, 0.25) is 16.9 Å². The molecule has 10 nitrogen and oxygen atoms in total. The van der Waals surface area contributed by atoms with Gasteiger partial charge in [-0.1, -0.05) is 11.3 Å². The number of anilines is 1. The molecule has 0 radical (unpaired) electrons. The van der Waals surface area contributed by atoms with Gasteiger partial charge in [0, 0.05) is 32.5 Å². The highest BCUT2D eigenvalue weighted by Gasteiger charge is 2.36. The number of hydrogen-bond donors (Lipinski definition) is 2. The van der Waals surface area contributed by atoms with Crippen molar-refractivity contribution in [3.8, 4) is 0 Å². The summed E-state index contributed by atoms with van der Waals surface area (Å²) in [7, 11) is 0. The number of aromatic nitrogens is 5. The molecule has 2 aromatic heterocycles. The monoisotopic (exact) mass is 365 g/mol. The number of nitrogens with one attached hydrogen (secondary N) is 2. The summed E-state index contributed by atoms with van der Waals surface area (Å²) in [5, 5.41) is 22.3. The Kier molecular flexibility index (Phi) is 5.66. The highest BCUT2D eigenvalue weighted by atomic mass is 32.1. The van der Waals surface area contributed by atoms with Gasteiger partial charge in [-0.2, -0.15) is 15.4 Å². The summed E-state index contributed by atoms with van der Waals surface area (Å²) < 4.78 is 5.29. The van der Waals surface area contributed by atoms with Crippen LogP contribution in [0.5, 0.6) is 0 Å². The summed E-state index contributed by atoms with van der Waals surface area (Å²) in [6.07, 6.45) is 2.38. The number of carbonyl (C=O) groups is 2. The van der Waals surface area contributed by atoms with Crippen molar-refractivity contribution in [3.05, 3.63) is 16.9 Å². The minimum Gasteiger partial charge on any atom is -0.374 e. The van der Waals surface area contributed by atoms with Gasteiger partial charge in [-0.25, -0.2) is 0 Å². The highest BCUT2D eigenvalue weighted by Crippen LogP contribution is 2.28. The van der Waals surface area contributed by atoms with Crippen LogP contribution in [0, 0.1) is 5.92 Å². The van der Waals surface area contributed by atoms with Crippen LogP contribution in [0.1, 0.15) is 24.0 Å². The number of nitrogens with zero attached hydrogens (tertiary/aromatic N) is 5. The van der Waals surface area contributed by atoms with Gasteiger partial charge in [0.1, 0.15) is 11.6 Å². The molecule has 11 heteroatoms. The van der Waals surface area contributed by atoms with E-state index in [1.165, 1.54) is 16.2 Å². The van der Waals surface area contributed by atoms with Crippen molar-refractivity contribution in [3.63, 3.8) is 0 Å². The fourth-order valence-corrected chi connectivity index (χ4v) is 3.28. The fraction of sp³-hybridized carbons (Fsp3) is 0.571. The number of ether oxygens (including phenoxy) is 1. The van der Waals surface area contributed by atoms with Crippen molar-refractivity contribution < 1.29 is 14.3 Å². The van der Waals surface area contributed by atoms with E-state index in [0.29, 0.717) is 42.9 Å². The SMILES string of the molecule is CCOCc1nnc(N2CC(C(=O)NCCc3cn[nH]n3)CC2=O)s1. The van der Waals surface area contributed by atoms with Crippen LogP contribution in [0.2, 0.25) is 0 Å². The van der Waals surface area contributed by atoms with E-state index in [9.17, 15) is 9.59 Å². The first-order valence-corrected chi connectivity index (χ1v) is 8.82. The van der Waals surface area contributed by atoms with E-state index in [1.807, 2.05) is 6.92 Å². The lowest BCUT2D eigenvalue weighted by molar-refractivity contribution is -0.126. The Balaban J connectivity index is 1.51. The topological polar surface area (TPSA) is 126 Å². The van der Waals surface area contributed by atoms with Gasteiger partial charge in [0.15, 0.2) is 0 Å². The smallest absolute Gasteiger partial charge is 0.229 e. The van der Waals surface area contributed by atoms with Crippen LogP contribution >= 0.6 is 11.3 Å². The molecular weight excluding hydrogens is 346 g/mol. The lowest BCUT2D eigenvalue weighted by Gasteiger charge is -2.12. The Morgan fingerprint density at radius 2 is 2.40 bits per heavy atom. The van der Waals surface area contributed by atoms with Crippen molar-refractivity contribution in [2.45, 2.75) is 26.4 Å². The van der Waals surface area contributed by atoms with Crippen molar-refractivity contribution in [1.29, 1.82) is 0 Å². The quantitative estimate of drug-likeness (QED) is 0.669. The Morgan fingerprint density at radius 1 is 1.52 bits per heavy atom. The molecule has 2 aromatic rings. The first-order valence-electron chi connectivity index (χ1n) is 8.00. The molecule has 0 aromatic carbocycles. The summed E-state index contributed by atoms with van der Waals surface area (Å²) in [6.45, 7) is 3.64. The molecular formula is C14H19N7O3S. The molecule has 2 N–H and O–H groups in total. The van der Waals surface area contributed by atoms with E-state index in [4.69, 9.17) is 4.74 Å². The molecule has 1 aliphatic rings. The summed E-state index contributed by atoms with van der Waals surface area (Å²) in [4.78, 5) is 26.0. The van der Waals surface area contributed by atoms with Crippen LogP contribution in [0.15, 0.2) is 6.20 Å². The number of carbonyl (C=O) groups excluding carboxylic acids is 2. The Morgan fingerprint density at radius 3 is 3.16 bits per heavy atom. The van der Waals surface area contributed by atoms with E-state index in [2.05, 4.69) is 30.9 Å². The van der Waals surface area contributed by atoms with Gasteiger partial charge < -0.3 is 10.1 Å². The molecule has 1 fully saturated rings. The third-order valence-corrected chi connectivity index (χ3v) is 4.68. The lowest BCUT2D eigenvalue weighted by atomic mass is 10.1. The largest absolute Gasteiger partial charge is 0.374 e. The number of aromatic amines is 1. The molecule has 1 aliphatic heterocycles. The van der Waals surface area contributed by atoms with Gasteiger partial charge >= 0.3 is 0 Å². The van der Waals surface area contributed by atoms with Gasteiger partial charge in [-0.05, 0) is 6.92 Å². The summed E-state index contributed by atoms with van der Waals surface area (Å²) in [5.41, 5.74) is 0.778. The summed E-state index contributed by atoms with van der Waals surface area (Å²) in [5.74, 6) is -0.641. The molecule has 0 spiro atoms. The van der Waals surface area contributed by atoms with Gasteiger partial charge in [0.25, 0.3) is 0 Å². The predicted molar refractivity (Wildman–Crippen MR) is 88.8 cm³/mol. The maximum absolute atomic E-state index is 12.3. The Labute approximate surface area is 148 Å². The molecule has 25 heavy (non-hydrogen) atoms. The average molecular weight is 365 g/mol. The van der Waals surface area contributed by atoms with Crippen LogP contribution in [0.25, 0.3) is 0 Å². The van der Waals surface area contributed by atoms with Crippen LogP contribution < -0.4 is 10.2 Å². The molecule has 0 bridgehead atoms. The van der Waals surface area contributed by atoms with E-state index in [-0.39, 0.29) is 24.2 Å². The number of hydrogen-bond acceptors (Lipinski definition) is 8. The molecule has 3 rings (SSSR count). The van der Waals surface area contributed by atoms with Crippen LogP contribution in [0.4, 0.5) is 5.13 Å². The van der Waals surface area contributed by atoms with Crippen molar-refractivity contribution >= 4 is 28.3 Å². The maximum Gasteiger partial charge on any atom is 0.229 e. The molecule has 1 unspecified atom stereocenters. The normalized spacial score (nSPS) is 17.2. The second kappa shape index (κ2) is 8.12. The Bertz CT molecular complexity index is 718. The number of H-pyrrole nitrogens is 1. The first-order chi connectivity index (χ1) is 12.2. The van der Waals surface area contributed by atoms with E-state index < -0.39 is 0 Å². The zero-order chi connectivity index (χ0) is 17.6. The van der Waals surface area contributed by atoms with Crippen molar-refractivity contribution in [2.24, 2.45) is 5.92 Å². The molecule has 0 aliphatic carbocycles. The van der Waals surface area contributed by atoms with Crippen molar-refractivity contribution in [1.82, 2.24) is 30.9 Å². The van der Waals surface area contributed by atoms with Gasteiger partial charge in [-0.3, -0.25) is 14.5 Å². The second-order valence-electron chi connectivity index (χ2n) is 5.52. The predicted octanol–water partition coefficient (Wildman–Crippen LogP) is -0.0955. The van der Waals surface area contributed by atoms with Crippen LogP contribution in [-0.2, 0) is 27.4 Å². The molecule has 1 atom stereocenters. The summed E-state index contributed by atoms with van der Waals surface area (Å²) in [6, 6.07) is 0. The fourth-order valence-electron chi connectivity index (χ4n) is 2.47. The molecule has 3 heterocycles. The van der Waals surface area contributed by atoms with Crippen LogP contribution in [-0.4, -0.2) is 57.1 Å². The van der Waals surface area contributed by atoms with E-state index in [0.717, 1.165) is 5.69 Å². The zero-order valence-corrected chi connectivity index (χ0v) is 14.6. The average Bonchev–Trinajstić information content (AvgIpc) is 3.33. The third kappa shape index (κ3) is 4.37. The first kappa shape index (κ1) is 17.4. The maximum atomic E-state index is 12.3. The number of rotatable bonds is 8. The molecule has 134 valence electrons. The summed E-state index contributed by atoms with van der Waals surface area (Å²) >= 11 is 1.31. The third-order valence-electron chi connectivity index (χ3n) is 3.76. The van der Waals surface area contributed by atoms with E-state index >= 15 is 0 Å². The molecule has 0 saturated carbocycles. The van der Waals surface area contributed by atoms with Gasteiger partial charge in [-0.15, -0.1) is 10.2 Å². The second-order valence-corrected chi connectivity index (χ2v) is 6.56. The minimum absolute atomic E-state index is 0.115. The minimum atomic E-state index is -0.385. The number of amides is 2. The van der Waals surface area contributed by atoms with Crippen molar-refractivity contribution in [2.75, 3.05) is 24.6 Å². The van der Waals surface area contributed by atoms with Crippen LogP contribution in [0.3, 0.4) is 0 Å². The zero-order valence-electron chi connectivity index (χ0n) is 13.8. The molecule has 1 saturated heterocycles. The van der Waals surface area contributed by atoms with Gasteiger partial charge in [0.05, 0.1) is 17.8 Å². The lowest BCUT2D eigenvalue weighted by Crippen LogP contribution is -2.34. The standard InChI is InChI=1S/C14H19N7O3S/c1-2-24-8-11-18-19-14(25-11)21-7-9(5-12(21)22)13(23)15-4-3-10-6-16-20-17-10/h6,9H,2-5,7-8H2,1H3,(H,15,23)(H,16,17,20). The van der Waals surface area contributed by atoms with E-state index in [1.54, 1.807) is 6.20 Å². The Hall–Kier alpha value is -2.40. The highest BCUT2D eigenvalue weighted by molar-refractivity contribution is 7.15.